The summed E-state index contributed by atoms with van der Waals surface area (Å²) in [6.45, 7) is 5.46. The Bertz CT molecular complexity index is 413. The van der Waals surface area contributed by atoms with Gasteiger partial charge < -0.3 is 25.3 Å². The summed E-state index contributed by atoms with van der Waals surface area (Å²) in [7, 11) is 0. The molecule has 1 unspecified atom stereocenters. The number of aliphatic hydroxyl groups is 1. The Hall–Kier alpha value is -1.83. The third kappa shape index (κ3) is 4.59. The normalized spacial score (nSPS) is 21.5. The van der Waals surface area contributed by atoms with Gasteiger partial charge in [0.05, 0.1) is 6.10 Å². The first-order valence-electron chi connectivity index (χ1n) is 7.02. The van der Waals surface area contributed by atoms with Crippen molar-refractivity contribution in [3.63, 3.8) is 0 Å². The van der Waals surface area contributed by atoms with Gasteiger partial charge in [0.15, 0.2) is 0 Å². The minimum Gasteiger partial charge on any atom is -0.480 e. The van der Waals surface area contributed by atoms with Crippen molar-refractivity contribution in [1.29, 1.82) is 0 Å². The van der Waals surface area contributed by atoms with E-state index in [1.165, 1.54) is 4.90 Å². The number of aliphatic carboxylic acids is 1. The molecule has 0 bridgehead atoms. The number of nitrogens with zero attached hydrogens (tertiary/aromatic N) is 2. The molecule has 1 heterocycles. The average molecular weight is 301 g/mol. The fraction of sp³-hybridized carbons (Fsp3) is 0.769. The van der Waals surface area contributed by atoms with Crippen LogP contribution < -0.4 is 5.32 Å². The Morgan fingerprint density at radius 1 is 1.38 bits per heavy atom. The molecule has 0 radical (unpaired) electrons. The smallest absolute Gasteiger partial charge is 0.326 e. The number of nitrogens with one attached hydrogen (secondary N) is 1. The zero-order valence-corrected chi connectivity index (χ0v) is 12.6. The van der Waals surface area contributed by atoms with Gasteiger partial charge in [-0.15, -0.1) is 0 Å². The molecule has 120 valence electrons. The molecule has 0 saturated carbocycles. The van der Waals surface area contributed by atoms with Crippen molar-refractivity contribution in [3.8, 4) is 0 Å². The molecule has 0 spiro atoms. The van der Waals surface area contributed by atoms with Gasteiger partial charge in [-0.2, -0.15) is 0 Å². The number of carbonyl (C=O) groups excluding carboxylic acids is 2. The van der Waals surface area contributed by atoms with Crippen molar-refractivity contribution < 1.29 is 24.6 Å². The second-order valence-corrected chi connectivity index (χ2v) is 5.41. The van der Waals surface area contributed by atoms with Crippen LogP contribution in [0.2, 0.25) is 0 Å². The molecule has 1 fully saturated rings. The molecule has 0 aromatic carbocycles. The summed E-state index contributed by atoms with van der Waals surface area (Å²) in [6, 6.07) is -1.62. The highest BCUT2D eigenvalue weighted by Gasteiger charge is 2.40. The summed E-state index contributed by atoms with van der Waals surface area (Å²) < 4.78 is 0. The van der Waals surface area contributed by atoms with Crippen LogP contribution in [0.1, 0.15) is 27.2 Å². The van der Waals surface area contributed by atoms with Crippen molar-refractivity contribution >= 4 is 17.9 Å². The number of carboxylic acids is 1. The lowest BCUT2D eigenvalue weighted by Crippen LogP contribution is -2.51. The summed E-state index contributed by atoms with van der Waals surface area (Å²) in [6.07, 6.45) is -0.838. The first-order valence-corrected chi connectivity index (χ1v) is 7.02. The van der Waals surface area contributed by atoms with Crippen LogP contribution in [-0.4, -0.2) is 75.7 Å². The molecule has 21 heavy (non-hydrogen) atoms. The fourth-order valence-electron chi connectivity index (χ4n) is 2.30. The van der Waals surface area contributed by atoms with Gasteiger partial charge >= 0.3 is 12.0 Å². The van der Waals surface area contributed by atoms with Crippen LogP contribution in [0.15, 0.2) is 0 Å². The highest BCUT2D eigenvalue weighted by Crippen LogP contribution is 2.19. The highest BCUT2D eigenvalue weighted by atomic mass is 16.4. The molecular formula is C13H23N3O5. The molecule has 8 nitrogen and oxygen atoms in total. The van der Waals surface area contributed by atoms with Crippen LogP contribution in [0.3, 0.4) is 0 Å². The summed E-state index contributed by atoms with van der Waals surface area (Å²) in [4.78, 5) is 37.6. The first-order chi connectivity index (χ1) is 9.76. The average Bonchev–Trinajstić information content (AvgIpc) is 2.76. The maximum atomic E-state index is 12.4. The molecular weight excluding hydrogens is 278 g/mol. The zero-order chi connectivity index (χ0) is 16.2. The minimum absolute atomic E-state index is 0.0107. The molecule has 3 amide bonds. The van der Waals surface area contributed by atoms with Gasteiger partial charge in [0.1, 0.15) is 12.6 Å². The summed E-state index contributed by atoms with van der Waals surface area (Å²) >= 11 is 0. The fourth-order valence-corrected chi connectivity index (χ4v) is 2.30. The van der Waals surface area contributed by atoms with E-state index in [2.05, 4.69) is 5.32 Å². The molecule has 0 aliphatic carbocycles. The number of aliphatic hydroxyl groups excluding tert-OH is 1. The molecule has 8 heteroatoms. The lowest BCUT2D eigenvalue weighted by molar-refractivity contribution is -0.141. The largest absolute Gasteiger partial charge is 0.480 e. The van der Waals surface area contributed by atoms with Gasteiger partial charge in [-0.1, -0.05) is 0 Å². The Morgan fingerprint density at radius 3 is 2.48 bits per heavy atom. The molecule has 1 aliphatic heterocycles. The zero-order valence-electron chi connectivity index (χ0n) is 12.6. The Kier molecular flexibility index (Phi) is 5.95. The SMILES string of the molecule is CCN(CC(=O)NC(C)C)C(=O)N1CC(O)C[C@H]1C(=O)O. The second kappa shape index (κ2) is 7.26. The van der Waals surface area contributed by atoms with E-state index in [0.717, 1.165) is 4.90 Å². The van der Waals surface area contributed by atoms with Crippen LogP contribution in [-0.2, 0) is 9.59 Å². The second-order valence-electron chi connectivity index (χ2n) is 5.41. The van der Waals surface area contributed by atoms with E-state index in [4.69, 9.17) is 5.11 Å². The summed E-state index contributed by atoms with van der Waals surface area (Å²) in [5.74, 6) is -1.45. The first kappa shape index (κ1) is 17.2. The number of carbonyl (C=O) groups is 3. The van der Waals surface area contributed by atoms with Gasteiger partial charge in [-0.25, -0.2) is 9.59 Å². The molecule has 1 aliphatic rings. The molecule has 0 aromatic heterocycles. The van der Waals surface area contributed by atoms with Crippen LogP contribution >= 0.6 is 0 Å². The number of likely N-dealkylation sites (N-methyl/N-ethyl adjacent to an activating group) is 1. The standard InChI is InChI=1S/C13H23N3O5/c1-4-15(7-11(18)14-8(2)3)13(21)16-6-9(17)5-10(16)12(19)20/h8-10,17H,4-7H2,1-3H3,(H,14,18)(H,19,20)/t9?,10-/m0/s1. The molecule has 1 rings (SSSR count). The maximum absolute atomic E-state index is 12.4. The quantitative estimate of drug-likeness (QED) is 0.632. The van der Waals surface area contributed by atoms with Crippen LogP contribution in [0.5, 0.6) is 0 Å². The monoisotopic (exact) mass is 301 g/mol. The van der Waals surface area contributed by atoms with Crippen LogP contribution in [0.4, 0.5) is 4.79 Å². The Balaban J connectivity index is 2.73. The summed E-state index contributed by atoms with van der Waals surface area (Å²) in [5.41, 5.74) is 0. The Labute approximate surface area is 123 Å². The van der Waals surface area contributed by atoms with Crippen molar-refractivity contribution in [2.24, 2.45) is 0 Å². The van der Waals surface area contributed by atoms with Crippen molar-refractivity contribution in [2.75, 3.05) is 19.6 Å². The van der Waals surface area contributed by atoms with Gasteiger partial charge in [-0.05, 0) is 20.8 Å². The van der Waals surface area contributed by atoms with E-state index in [9.17, 15) is 19.5 Å². The van der Waals surface area contributed by atoms with E-state index >= 15 is 0 Å². The number of hydrogen-bond donors (Lipinski definition) is 3. The van der Waals surface area contributed by atoms with Gasteiger partial charge in [0, 0.05) is 25.6 Å². The number of carboxylic acid groups (broad SMARTS) is 1. The van der Waals surface area contributed by atoms with Crippen molar-refractivity contribution in [1.82, 2.24) is 15.1 Å². The van der Waals surface area contributed by atoms with Gasteiger partial charge in [0.25, 0.3) is 0 Å². The lowest BCUT2D eigenvalue weighted by atomic mass is 10.2. The van der Waals surface area contributed by atoms with Crippen molar-refractivity contribution in [2.45, 2.75) is 45.4 Å². The number of amides is 3. The highest BCUT2D eigenvalue weighted by molar-refractivity contribution is 5.87. The third-order valence-corrected chi connectivity index (χ3v) is 3.25. The maximum Gasteiger partial charge on any atom is 0.326 e. The van der Waals surface area contributed by atoms with Crippen molar-refractivity contribution in [3.05, 3.63) is 0 Å². The Morgan fingerprint density at radius 2 is 2.00 bits per heavy atom. The number of β-amino-alcohol motifs (C(OH)–C–C–N with tert-alkyl or cyclic N) is 1. The number of rotatable bonds is 5. The predicted molar refractivity (Wildman–Crippen MR) is 74.7 cm³/mol. The summed E-state index contributed by atoms with van der Waals surface area (Å²) in [5, 5.41) is 21.3. The molecule has 0 aromatic rings. The van der Waals surface area contributed by atoms with E-state index in [0.29, 0.717) is 0 Å². The number of likely N-dealkylation sites (tertiary alicyclic amines) is 1. The van der Waals surface area contributed by atoms with Crippen LogP contribution in [0, 0.1) is 0 Å². The molecule has 1 saturated heterocycles. The van der Waals surface area contributed by atoms with Gasteiger partial charge in [0.2, 0.25) is 5.91 Å². The lowest BCUT2D eigenvalue weighted by Gasteiger charge is -2.29. The van der Waals surface area contributed by atoms with E-state index < -0.39 is 24.1 Å². The number of urea groups is 1. The topological polar surface area (TPSA) is 110 Å². The third-order valence-electron chi connectivity index (χ3n) is 3.25. The van der Waals surface area contributed by atoms with Crippen LogP contribution in [0.25, 0.3) is 0 Å². The molecule has 2 atom stereocenters. The van der Waals surface area contributed by atoms with E-state index in [1.54, 1.807) is 6.92 Å². The van der Waals surface area contributed by atoms with Gasteiger partial charge in [-0.3, -0.25) is 4.79 Å². The predicted octanol–water partition coefficient (Wildman–Crippen LogP) is -0.527. The van der Waals surface area contributed by atoms with E-state index in [1.807, 2.05) is 13.8 Å². The minimum atomic E-state index is -1.15. The van der Waals surface area contributed by atoms with E-state index in [-0.39, 0.29) is 38.0 Å². The molecule has 3 N–H and O–H groups in total. The number of hydrogen-bond acceptors (Lipinski definition) is 4.